The number of carboxylic acids is 1. The zero-order valence-corrected chi connectivity index (χ0v) is 23.9. The Balaban J connectivity index is 0.000000517. The van der Waals surface area contributed by atoms with E-state index in [1.165, 1.54) is 5.56 Å². The predicted octanol–water partition coefficient (Wildman–Crippen LogP) is 5.51. The van der Waals surface area contributed by atoms with Crippen LogP contribution in [0.4, 0.5) is 23.7 Å². The van der Waals surface area contributed by atoms with E-state index in [1.807, 2.05) is 43.3 Å². The molecule has 42 heavy (non-hydrogen) atoms. The van der Waals surface area contributed by atoms with Crippen molar-refractivity contribution in [1.29, 1.82) is 0 Å². The molecule has 2 aromatic carbocycles. The lowest BCUT2D eigenvalue weighted by atomic mass is 9.65. The minimum atomic E-state index is -5.08. The normalized spacial score (nSPS) is 22.0. The summed E-state index contributed by atoms with van der Waals surface area (Å²) >= 11 is 0. The number of likely N-dealkylation sites (N-methyl/N-ethyl adjacent to an activating group) is 1. The summed E-state index contributed by atoms with van der Waals surface area (Å²) in [7, 11) is 5.55. The smallest absolute Gasteiger partial charge is 0.490 e. The van der Waals surface area contributed by atoms with E-state index >= 15 is 0 Å². The molecule has 2 aliphatic rings. The number of pyridine rings is 1. The number of urea groups is 1. The third-order valence-corrected chi connectivity index (χ3v) is 8.15. The Morgan fingerprint density at radius 3 is 2.43 bits per heavy atom. The second kappa shape index (κ2) is 12.4. The molecular formula is C30H35F3N4O5. The molecule has 226 valence electrons. The number of ether oxygens (including phenoxy) is 2. The van der Waals surface area contributed by atoms with Crippen LogP contribution in [0.15, 0.2) is 48.5 Å². The number of halogens is 3. The molecule has 2 fully saturated rings. The molecule has 1 saturated heterocycles. The van der Waals surface area contributed by atoms with Crippen molar-refractivity contribution in [1.82, 2.24) is 15.2 Å². The first-order chi connectivity index (χ1) is 19.9. The Morgan fingerprint density at radius 2 is 1.76 bits per heavy atom. The number of fused-ring (bicyclic) bond motifs is 2. The number of benzene rings is 2. The molecule has 0 radical (unpaired) electrons. The summed E-state index contributed by atoms with van der Waals surface area (Å²) in [5.41, 5.74) is 4.04. The molecule has 1 aliphatic carbocycles. The third kappa shape index (κ3) is 6.70. The van der Waals surface area contributed by atoms with Crippen LogP contribution < -0.4 is 20.1 Å². The number of nitrogens with one attached hydrogen (secondary N) is 2. The molecule has 3 N–H and O–H groups in total. The topological polar surface area (TPSA) is 113 Å². The number of rotatable bonds is 5. The number of carbonyl (C=O) groups is 2. The van der Waals surface area contributed by atoms with Gasteiger partial charge in [0.2, 0.25) is 0 Å². The summed E-state index contributed by atoms with van der Waals surface area (Å²) in [4.78, 5) is 28.7. The van der Waals surface area contributed by atoms with Gasteiger partial charge in [0, 0.05) is 34.3 Å². The van der Waals surface area contributed by atoms with E-state index in [4.69, 9.17) is 19.4 Å². The van der Waals surface area contributed by atoms with Crippen molar-refractivity contribution in [3.63, 3.8) is 0 Å². The quantitative estimate of drug-likeness (QED) is 0.360. The molecule has 3 atom stereocenters. The van der Waals surface area contributed by atoms with Gasteiger partial charge in [-0.1, -0.05) is 12.1 Å². The number of aryl methyl sites for hydroxylation is 1. The number of hydrogen-bond acceptors (Lipinski definition) is 6. The van der Waals surface area contributed by atoms with Crippen molar-refractivity contribution in [3.05, 3.63) is 59.8 Å². The average Bonchev–Trinajstić information content (AvgIpc) is 3.29. The van der Waals surface area contributed by atoms with Crippen molar-refractivity contribution in [3.8, 4) is 11.5 Å². The molecule has 1 saturated carbocycles. The summed E-state index contributed by atoms with van der Waals surface area (Å²) in [5, 5.41) is 14.4. The lowest BCUT2D eigenvalue weighted by Crippen LogP contribution is -2.52. The zero-order valence-electron chi connectivity index (χ0n) is 23.9. The standard InChI is InChI=1S/C28H34N4O3.C2HF3O2/c1-18-5-6-19-15-21(8-9-23(19)29-18)30-27(33)31-22-11-12-28(13-14-32(2)26(28)17-22)20-7-10-24(34-3)25(16-20)35-4;3-2(4,5)1(6)7/h5-10,15-16,22,26H,11-14,17H2,1-4H3,(H2,30,31,33);(H,6,7)/t22-,26+,28+;/m1./s1. The number of methoxy groups -OCH3 is 2. The zero-order chi connectivity index (χ0) is 30.7. The highest BCUT2D eigenvalue weighted by Crippen LogP contribution is 2.49. The maximum atomic E-state index is 12.9. The highest BCUT2D eigenvalue weighted by atomic mass is 19.4. The molecule has 1 aromatic heterocycles. The Bertz CT molecular complexity index is 1450. The van der Waals surface area contributed by atoms with Crippen LogP contribution in [-0.4, -0.2) is 73.1 Å². The van der Waals surface area contributed by atoms with Crippen molar-refractivity contribution in [2.75, 3.05) is 33.1 Å². The van der Waals surface area contributed by atoms with Gasteiger partial charge in [-0.3, -0.25) is 4.98 Å². The molecule has 0 spiro atoms. The van der Waals surface area contributed by atoms with Gasteiger partial charge in [-0.25, -0.2) is 9.59 Å². The highest BCUT2D eigenvalue weighted by molar-refractivity contribution is 5.92. The van der Waals surface area contributed by atoms with Crippen molar-refractivity contribution >= 4 is 28.6 Å². The van der Waals surface area contributed by atoms with E-state index in [-0.39, 0.29) is 17.5 Å². The Kier molecular flexibility index (Phi) is 9.15. The van der Waals surface area contributed by atoms with Crippen LogP contribution in [0.3, 0.4) is 0 Å². The van der Waals surface area contributed by atoms with E-state index in [2.05, 4.69) is 39.7 Å². The van der Waals surface area contributed by atoms with Crippen LogP contribution in [-0.2, 0) is 10.2 Å². The van der Waals surface area contributed by atoms with Gasteiger partial charge >= 0.3 is 18.2 Å². The highest BCUT2D eigenvalue weighted by Gasteiger charge is 2.50. The van der Waals surface area contributed by atoms with Gasteiger partial charge in [0.05, 0.1) is 19.7 Å². The summed E-state index contributed by atoms with van der Waals surface area (Å²) in [6.07, 6.45) is -1.11. The summed E-state index contributed by atoms with van der Waals surface area (Å²) in [6.45, 7) is 3.02. The number of hydrogen-bond donors (Lipinski definition) is 3. The number of aromatic nitrogens is 1. The van der Waals surface area contributed by atoms with E-state index in [1.54, 1.807) is 14.2 Å². The Hall–Kier alpha value is -4.06. The Labute approximate surface area is 242 Å². The number of aliphatic carboxylic acids is 1. The molecule has 1 aliphatic heterocycles. The molecule has 0 unspecified atom stereocenters. The van der Waals surface area contributed by atoms with Gasteiger partial charge in [-0.2, -0.15) is 13.2 Å². The number of alkyl halides is 3. The molecule has 2 amide bonds. The average molecular weight is 589 g/mol. The van der Waals surface area contributed by atoms with Crippen LogP contribution in [0, 0.1) is 6.92 Å². The van der Waals surface area contributed by atoms with Gasteiger partial charge in [0.1, 0.15) is 0 Å². The number of carbonyl (C=O) groups excluding carboxylic acids is 1. The van der Waals surface area contributed by atoms with Crippen LogP contribution in [0.2, 0.25) is 0 Å². The molecule has 5 rings (SSSR count). The third-order valence-electron chi connectivity index (χ3n) is 8.15. The second-order valence-corrected chi connectivity index (χ2v) is 10.7. The lowest BCUT2D eigenvalue weighted by Gasteiger charge is -2.45. The first kappa shape index (κ1) is 30.9. The van der Waals surface area contributed by atoms with Crippen LogP contribution in [0.1, 0.15) is 36.9 Å². The molecule has 3 aromatic rings. The van der Waals surface area contributed by atoms with Gasteiger partial charge in [-0.15, -0.1) is 0 Å². The van der Waals surface area contributed by atoms with Crippen molar-refractivity contribution < 1.29 is 37.3 Å². The van der Waals surface area contributed by atoms with E-state index in [0.717, 1.165) is 66.0 Å². The number of amides is 2. The number of nitrogens with zero attached hydrogens (tertiary/aromatic N) is 2. The molecular weight excluding hydrogens is 553 g/mol. The minimum Gasteiger partial charge on any atom is -0.493 e. The van der Waals surface area contributed by atoms with Crippen molar-refractivity contribution in [2.24, 2.45) is 0 Å². The lowest BCUT2D eigenvalue weighted by molar-refractivity contribution is -0.192. The number of likely N-dealkylation sites (tertiary alicyclic amines) is 1. The van der Waals surface area contributed by atoms with E-state index in [0.29, 0.717) is 6.04 Å². The monoisotopic (exact) mass is 588 g/mol. The predicted molar refractivity (Wildman–Crippen MR) is 152 cm³/mol. The maximum absolute atomic E-state index is 12.9. The maximum Gasteiger partial charge on any atom is 0.490 e. The number of carboxylic acid groups (broad SMARTS) is 1. The Morgan fingerprint density at radius 1 is 1.05 bits per heavy atom. The first-order valence-corrected chi connectivity index (χ1v) is 13.5. The fraction of sp³-hybridized carbons (Fsp3) is 0.433. The first-order valence-electron chi connectivity index (χ1n) is 13.5. The second-order valence-electron chi connectivity index (χ2n) is 10.7. The van der Waals surface area contributed by atoms with Gasteiger partial charge in [0.15, 0.2) is 11.5 Å². The number of anilines is 1. The summed E-state index contributed by atoms with van der Waals surface area (Å²) < 4.78 is 42.8. The van der Waals surface area contributed by atoms with Crippen molar-refractivity contribution in [2.45, 2.75) is 56.3 Å². The van der Waals surface area contributed by atoms with Gasteiger partial charge in [0.25, 0.3) is 0 Å². The fourth-order valence-corrected chi connectivity index (χ4v) is 6.05. The minimum absolute atomic E-state index is 0.0619. The molecule has 0 bridgehead atoms. The van der Waals surface area contributed by atoms with Crippen LogP contribution >= 0.6 is 0 Å². The van der Waals surface area contributed by atoms with Crippen LogP contribution in [0.25, 0.3) is 10.9 Å². The van der Waals surface area contributed by atoms with E-state index < -0.39 is 12.1 Å². The molecule has 12 heteroatoms. The molecule has 9 nitrogen and oxygen atoms in total. The molecule has 2 heterocycles. The fourth-order valence-electron chi connectivity index (χ4n) is 6.05. The van der Waals surface area contributed by atoms with Gasteiger partial charge in [-0.05, 0) is 88.2 Å². The van der Waals surface area contributed by atoms with E-state index in [9.17, 15) is 18.0 Å². The van der Waals surface area contributed by atoms with Gasteiger partial charge < -0.3 is 30.1 Å². The SMILES string of the molecule is COc1ccc([C@@]23CC[C@@H](NC(=O)Nc4ccc5nc(C)ccc5c4)C[C@@H]2N(C)CC3)cc1OC.O=C(O)C(F)(F)F. The summed E-state index contributed by atoms with van der Waals surface area (Å²) in [5.74, 6) is -1.23. The van der Waals surface area contributed by atoms with Crippen LogP contribution in [0.5, 0.6) is 11.5 Å². The largest absolute Gasteiger partial charge is 0.493 e. The summed E-state index contributed by atoms with van der Waals surface area (Å²) in [6, 6.07) is 16.5.